The molecule has 1 aliphatic carbocycles. The van der Waals surface area contributed by atoms with Gasteiger partial charge in [-0.2, -0.15) is 0 Å². The molecule has 1 aliphatic rings. The number of carboxylic acid groups (broad SMARTS) is 1. The third-order valence-electron chi connectivity index (χ3n) is 3.11. The molecule has 0 spiro atoms. The van der Waals surface area contributed by atoms with Crippen molar-refractivity contribution in [2.75, 3.05) is 5.73 Å². The van der Waals surface area contributed by atoms with Crippen LogP contribution in [0.2, 0.25) is 0 Å². The van der Waals surface area contributed by atoms with Crippen molar-refractivity contribution < 1.29 is 9.90 Å². The topological polar surface area (TPSA) is 63.3 Å². The van der Waals surface area contributed by atoms with Crippen molar-refractivity contribution in [3.8, 4) is 0 Å². The maximum atomic E-state index is 10.8. The maximum absolute atomic E-state index is 10.8. The van der Waals surface area contributed by atoms with Crippen molar-refractivity contribution in [3.63, 3.8) is 0 Å². The second kappa shape index (κ2) is 5.45. The first-order chi connectivity index (χ1) is 8.16. The summed E-state index contributed by atoms with van der Waals surface area (Å²) in [6.07, 6.45) is 6.47. The summed E-state index contributed by atoms with van der Waals surface area (Å²) in [6.45, 7) is 0. The first-order valence-electron chi connectivity index (χ1n) is 5.96. The van der Waals surface area contributed by atoms with Crippen molar-refractivity contribution >= 4 is 23.4 Å². The van der Waals surface area contributed by atoms with E-state index in [9.17, 15) is 4.79 Å². The molecule has 3 nitrogen and oxygen atoms in total. The van der Waals surface area contributed by atoms with Crippen LogP contribution in [0.3, 0.4) is 0 Å². The van der Waals surface area contributed by atoms with E-state index in [1.165, 1.54) is 32.1 Å². The minimum absolute atomic E-state index is 0.193. The number of hydrogen-bond donors (Lipinski definition) is 2. The van der Waals surface area contributed by atoms with Gasteiger partial charge in [-0.1, -0.05) is 19.3 Å². The highest BCUT2D eigenvalue weighted by atomic mass is 32.2. The smallest absolute Gasteiger partial charge is 0.337 e. The van der Waals surface area contributed by atoms with Gasteiger partial charge in [-0.05, 0) is 31.0 Å². The summed E-state index contributed by atoms with van der Waals surface area (Å²) < 4.78 is 0. The lowest BCUT2D eigenvalue weighted by atomic mass is 10.0. The van der Waals surface area contributed by atoms with E-state index in [-0.39, 0.29) is 5.56 Å². The number of carbonyl (C=O) groups is 1. The van der Waals surface area contributed by atoms with E-state index in [1.54, 1.807) is 12.1 Å². The highest BCUT2D eigenvalue weighted by Gasteiger charge is 2.15. The summed E-state index contributed by atoms with van der Waals surface area (Å²) >= 11 is 1.83. The average Bonchev–Trinajstić information content (AvgIpc) is 2.30. The molecule has 1 aromatic carbocycles. The SMILES string of the molecule is Nc1cc(SC2CCCCC2)ccc1C(=O)O. The Labute approximate surface area is 105 Å². The van der Waals surface area contributed by atoms with Gasteiger partial charge in [-0.3, -0.25) is 0 Å². The fraction of sp³-hybridized carbons (Fsp3) is 0.462. The molecule has 1 fully saturated rings. The summed E-state index contributed by atoms with van der Waals surface area (Å²) in [6, 6.07) is 5.24. The van der Waals surface area contributed by atoms with Gasteiger partial charge >= 0.3 is 5.97 Å². The number of nitrogens with two attached hydrogens (primary N) is 1. The number of nitrogen functional groups attached to an aromatic ring is 1. The molecule has 3 N–H and O–H groups in total. The predicted octanol–water partition coefficient (Wildman–Crippen LogP) is 3.39. The molecule has 0 saturated heterocycles. The van der Waals surface area contributed by atoms with Crippen LogP contribution in [0.15, 0.2) is 23.1 Å². The number of carboxylic acids is 1. The Morgan fingerprint density at radius 2 is 2.00 bits per heavy atom. The Bertz CT molecular complexity index is 414. The second-order valence-electron chi connectivity index (χ2n) is 4.43. The fourth-order valence-electron chi connectivity index (χ4n) is 2.18. The fourth-order valence-corrected chi connectivity index (χ4v) is 3.48. The number of thioether (sulfide) groups is 1. The number of benzene rings is 1. The van der Waals surface area contributed by atoms with E-state index in [0.717, 1.165) is 4.90 Å². The van der Waals surface area contributed by atoms with Gasteiger partial charge in [0.25, 0.3) is 0 Å². The number of anilines is 1. The quantitative estimate of drug-likeness (QED) is 0.808. The lowest BCUT2D eigenvalue weighted by Gasteiger charge is -2.21. The molecule has 0 radical (unpaired) electrons. The Morgan fingerprint density at radius 3 is 2.59 bits per heavy atom. The number of rotatable bonds is 3. The molecule has 2 rings (SSSR count). The maximum Gasteiger partial charge on any atom is 0.337 e. The van der Waals surface area contributed by atoms with Crippen LogP contribution in [-0.2, 0) is 0 Å². The van der Waals surface area contributed by atoms with Crippen LogP contribution >= 0.6 is 11.8 Å². The van der Waals surface area contributed by atoms with Gasteiger partial charge in [0.2, 0.25) is 0 Å². The van der Waals surface area contributed by atoms with Crippen LogP contribution in [-0.4, -0.2) is 16.3 Å². The standard InChI is InChI=1S/C13H17NO2S/c14-12-8-10(6-7-11(12)13(15)16)17-9-4-2-1-3-5-9/h6-9H,1-5,14H2,(H,15,16). The molecule has 4 heteroatoms. The zero-order valence-electron chi connectivity index (χ0n) is 9.69. The minimum Gasteiger partial charge on any atom is -0.478 e. The van der Waals surface area contributed by atoms with Gasteiger partial charge in [0.1, 0.15) is 0 Å². The Hall–Kier alpha value is -1.16. The van der Waals surface area contributed by atoms with Gasteiger partial charge in [0.15, 0.2) is 0 Å². The average molecular weight is 251 g/mol. The van der Waals surface area contributed by atoms with Gasteiger partial charge in [0.05, 0.1) is 5.56 Å². The molecular formula is C13H17NO2S. The summed E-state index contributed by atoms with van der Waals surface area (Å²) in [4.78, 5) is 11.9. The van der Waals surface area contributed by atoms with E-state index >= 15 is 0 Å². The Balaban J connectivity index is 2.06. The highest BCUT2D eigenvalue weighted by molar-refractivity contribution is 8.00. The normalized spacial score (nSPS) is 16.9. The first-order valence-corrected chi connectivity index (χ1v) is 6.84. The molecule has 17 heavy (non-hydrogen) atoms. The molecule has 1 aromatic rings. The van der Waals surface area contributed by atoms with Crippen molar-refractivity contribution in [3.05, 3.63) is 23.8 Å². The second-order valence-corrected chi connectivity index (χ2v) is 5.81. The van der Waals surface area contributed by atoms with Gasteiger partial charge in [0, 0.05) is 15.8 Å². The third-order valence-corrected chi connectivity index (χ3v) is 4.44. The van der Waals surface area contributed by atoms with Crippen LogP contribution < -0.4 is 5.73 Å². The predicted molar refractivity (Wildman–Crippen MR) is 70.5 cm³/mol. The lowest BCUT2D eigenvalue weighted by Crippen LogP contribution is -2.08. The number of aromatic carboxylic acids is 1. The molecule has 0 heterocycles. The zero-order valence-corrected chi connectivity index (χ0v) is 10.5. The van der Waals surface area contributed by atoms with Gasteiger partial charge < -0.3 is 10.8 Å². The molecule has 0 atom stereocenters. The molecule has 0 aliphatic heterocycles. The molecular weight excluding hydrogens is 234 g/mol. The highest BCUT2D eigenvalue weighted by Crippen LogP contribution is 2.34. The van der Waals surface area contributed by atoms with Crippen molar-refractivity contribution in [1.82, 2.24) is 0 Å². The van der Waals surface area contributed by atoms with E-state index in [0.29, 0.717) is 10.9 Å². The van der Waals surface area contributed by atoms with E-state index in [4.69, 9.17) is 10.8 Å². The van der Waals surface area contributed by atoms with E-state index in [2.05, 4.69) is 0 Å². The van der Waals surface area contributed by atoms with E-state index in [1.807, 2.05) is 17.8 Å². The Kier molecular flexibility index (Phi) is 3.94. The molecule has 0 aromatic heterocycles. The van der Waals surface area contributed by atoms with Crippen LogP contribution in [0.4, 0.5) is 5.69 Å². The van der Waals surface area contributed by atoms with Crippen LogP contribution in [0.5, 0.6) is 0 Å². The molecule has 0 amide bonds. The van der Waals surface area contributed by atoms with Crippen molar-refractivity contribution in [2.45, 2.75) is 42.2 Å². The van der Waals surface area contributed by atoms with Gasteiger partial charge in [-0.25, -0.2) is 4.79 Å². The molecule has 92 valence electrons. The van der Waals surface area contributed by atoms with Crippen LogP contribution in [0.25, 0.3) is 0 Å². The van der Waals surface area contributed by atoms with Crippen LogP contribution in [0, 0.1) is 0 Å². The van der Waals surface area contributed by atoms with Crippen LogP contribution in [0.1, 0.15) is 42.5 Å². The zero-order chi connectivity index (χ0) is 12.3. The minimum atomic E-state index is -0.961. The largest absolute Gasteiger partial charge is 0.478 e. The third kappa shape index (κ3) is 3.16. The summed E-state index contributed by atoms with van der Waals surface area (Å²) in [5, 5.41) is 9.56. The van der Waals surface area contributed by atoms with Gasteiger partial charge in [-0.15, -0.1) is 11.8 Å². The Morgan fingerprint density at radius 1 is 1.29 bits per heavy atom. The lowest BCUT2D eigenvalue weighted by molar-refractivity contribution is 0.0698. The van der Waals surface area contributed by atoms with Crippen molar-refractivity contribution in [2.24, 2.45) is 0 Å². The molecule has 0 unspecified atom stereocenters. The monoisotopic (exact) mass is 251 g/mol. The number of hydrogen-bond acceptors (Lipinski definition) is 3. The van der Waals surface area contributed by atoms with E-state index < -0.39 is 5.97 Å². The molecule has 0 bridgehead atoms. The molecule has 1 saturated carbocycles. The summed E-state index contributed by atoms with van der Waals surface area (Å²) in [5.74, 6) is -0.961. The first kappa shape index (κ1) is 12.3. The summed E-state index contributed by atoms with van der Waals surface area (Å²) in [7, 11) is 0. The summed E-state index contributed by atoms with van der Waals surface area (Å²) in [5.41, 5.74) is 6.29. The van der Waals surface area contributed by atoms with Crippen molar-refractivity contribution in [1.29, 1.82) is 0 Å².